The van der Waals surface area contributed by atoms with Crippen molar-refractivity contribution >= 4 is 35.8 Å². The maximum absolute atomic E-state index is 13.2. The summed E-state index contributed by atoms with van der Waals surface area (Å²) in [5.41, 5.74) is 0.929. The van der Waals surface area contributed by atoms with Crippen LogP contribution in [-0.4, -0.2) is 37.5 Å². The first-order valence-corrected chi connectivity index (χ1v) is 9.23. The summed E-state index contributed by atoms with van der Waals surface area (Å²) < 4.78 is 13.2. The summed E-state index contributed by atoms with van der Waals surface area (Å²) in [4.78, 5) is 16.4. The molecule has 1 aliphatic rings. The first kappa shape index (κ1) is 22.7. The van der Waals surface area contributed by atoms with Gasteiger partial charge in [0.25, 0.3) is 0 Å². The average molecular weight is 476 g/mol. The number of halogens is 2. The Kier molecular flexibility index (Phi) is 11.2. The number of hydrogen-bond donors (Lipinski definition) is 3. The van der Waals surface area contributed by atoms with Crippen LogP contribution in [0.5, 0.6) is 0 Å². The molecule has 146 valence electrons. The van der Waals surface area contributed by atoms with E-state index in [0.29, 0.717) is 25.0 Å². The molecule has 0 aromatic heterocycles. The lowest BCUT2D eigenvalue weighted by molar-refractivity contribution is -0.120. The van der Waals surface area contributed by atoms with Crippen LogP contribution >= 0.6 is 24.0 Å². The van der Waals surface area contributed by atoms with Gasteiger partial charge in [0.05, 0.1) is 0 Å². The third-order valence-corrected chi connectivity index (χ3v) is 4.29. The van der Waals surface area contributed by atoms with Gasteiger partial charge in [-0.25, -0.2) is 9.38 Å². The van der Waals surface area contributed by atoms with E-state index < -0.39 is 0 Å². The van der Waals surface area contributed by atoms with Crippen molar-refractivity contribution in [1.82, 2.24) is 16.0 Å². The molecule has 5 nitrogen and oxygen atoms in total. The maximum Gasteiger partial charge on any atom is 0.242 e. The van der Waals surface area contributed by atoms with Crippen LogP contribution < -0.4 is 16.0 Å². The van der Waals surface area contributed by atoms with E-state index in [1.807, 2.05) is 13.0 Å². The molecule has 2 rings (SSSR count). The summed E-state index contributed by atoms with van der Waals surface area (Å²) in [7, 11) is 0. The number of nitrogens with one attached hydrogen (secondary N) is 3. The van der Waals surface area contributed by atoms with Crippen molar-refractivity contribution < 1.29 is 9.18 Å². The van der Waals surface area contributed by atoms with Crippen LogP contribution in [0.2, 0.25) is 0 Å². The van der Waals surface area contributed by atoms with Crippen LogP contribution in [0.15, 0.2) is 29.3 Å². The molecule has 0 atom stereocenters. The fourth-order valence-corrected chi connectivity index (χ4v) is 3.03. The molecule has 3 N–H and O–H groups in total. The normalized spacial score (nSPS) is 15.1. The lowest BCUT2D eigenvalue weighted by Gasteiger charge is -2.22. The molecule has 7 heteroatoms. The van der Waals surface area contributed by atoms with Gasteiger partial charge >= 0.3 is 0 Å². The Morgan fingerprint density at radius 1 is 1.23 bits per heavy atom. The Balaban J connectivity index is 0.00000338. The molecule has 0 unspecified atom stereocenters. The van der Waals surface area contributed by atoms with Crippen LogP contribution in [0.3, 0.4) is 0 Å². The van der Waals surface area contributed by atoms with E-state index in [1.165, 1.54) is 31.4 Å². The molecule has 26 heavy (non-hydrogen) atoms. The summed E-state index contributed by atoms with van der Waals surface area (Å²) >= 11 is 0. The summed E-state index contributed by atoms with van der Waals surface area (Å²) in [6.45, 7) is 3.44. The lowest BCUT2D eigenvalue weighted by Crippen LogP contribution is -2.41. The van der Waals surface area contributed by atoms with Crippen molar-refractivity contribution in [2.45, 2.75) is 51.5 Å². The predicted octanol–water partition coefficient (Wildman–Crippen LogP) is 2.99. The predicted molar refractivity (Wildman–Crippen MR) is 115 cm³/mol. The van der Waals surface area contributed by atoms with Crippen LogP contribution in [0.25, 0.3) is 0 Å². The number of benzene rings is 1. The van der Waals surface area contributed by atoms with Crippen molar-refractivity contribution in [3.05, 3.63) is 35.6 Å². The molecule has 1 fully saturated rings. The molecule has 1 amide bonds. The number of aliphatic imine (C=N–C) groups is 1. The highest BCUT2D eigenvalue weighted by atomic mass is 127. The first-order chi connectivity index (χ1) is 12.2. The van der Waals surface area contributed by atoms with E-state index in [1.54, 1.807) is 6.07 Å². The second-order valence-electron chi connectivity index (χ2n) is 6.40. The number of guanidine groups is 1. The van der Waals surface area contributed by atoms with E-state index in [2.05, 4.69) is 20.9 Å². The number of nitrogens with zero attached hydrogens (tertiary/aromatic N) is 1. The van der Waals surface area contributed by atoms with Crippen molar-refractivity contribution in [1.29, 1.82) is 0 Å². The lowest BCUT2D eigenvalue weighted by atomic mass is 9.95. The van der Waals surface area contributed by atoms with Gasteiger partial charge < -0.3 is 16.0 Å². The molecule has 1 aromatic rings. The largest absolute Gasteiger partial charge is 0.357 e. The van der Waals surface area contributed by atoms with Crippen molar-refractivity contribution in [2.75, 3.05) is 19.6 Å². The molecule has 0 radical (unpaired) electrons. The number of carbonyl (C=O) groups is 1. The molecular formula is C19H30FIN4O. The van der Waals surface area contributed by atoms with Gasteiger partial charge in [-0.1, -0.05) is 31.4 Å². The molecule has 0 aliphatic heterocycles. The van der Waals surface area contributed by atoms with Crippen LogP contribution in [0, 0.1) is 5.82 Å². The molecule has 1 aromatic carbocycles. The maximum atomic E-state index is 13.2. The summed E-state index contributed by atoms with van der Waals surface area (Å²) in [5.74, 6) is 0.351. The van der Waals surface area contributed by atoms with Gasteiger partial charge in [-0.15, -0.1) is 24.0 Å². The smallest absolute Gasteiger partial charge is 0.242 e. The molecule has 1 saturated carbocycles. The summed E-state index contributed by atoms with van der Waals surface area (Å²) in [5, 5.41) is 9.37. The monoisotopic (exact) mass is 476 g/mol. The zero-order valence-corrected chi connectivity index (χ0v) is 17.7. The number of rotatable bonds is 7. The quantitative estimate of drug-likeness (QED) is 0.322. The van der Waals surface area contributed by atoms with E-state index in [-0.39, 0.29) is 42.2 Å². The number of hydrogen-bond acceptors (Lipinski definition) is 2. The fraction of sp³-hybridized carbons (Fsp3) is 0.579. The minimum atomic E-state index is -0.225. The highest BCUT2D eigenvalue weighted by Crippen LogP contribution is 2.17. The molecule has 0 bridgehead atoms. The van der Waals surface area contributed by atoms with Crippen molar-refractivity contribution in [3.63, 3.8) is 0 Å². The molecule has 1 aliphatic carbocycles. The molecule has 0 spiro atoms. The molecule has 0 saturated heterocycles. The van der Waals surface area contributed by atoms with E-state index in [4.69, 9.17) is 0 Å². The van der Waals surface area contributed by atoms with E-state index in [0.717, 1.165) is 24.9 Å². The fourth-order valence-electron chi connectivity index (χ4n) is 3.03. The minimum absolute atomic E-state index is 0. The van der Waals surface area contributed by atoms with Crippen molar-refractivity contribution in [2.24, 2.45) is 4.99 Å². The number of amides is 1. The summed E-state index contributed by atoms with van der Waals surface area (Å²) in [6, 6.07) is 6.88. The zero-order chi connectivity index (χ0) is 17.9. The second kappa shape index (κ2) is 12.9. The van der Waals surface area contributed by atoms with Gasteiger partial charge in [-0.3, -0.25) is 4.79 Å². The molecular weight excluding hydrogens is 446 g/mol. The van der Waals surface area contributed by atoms with E-state index in [9.17, 15) is 9.18 Å². The van der Waals surface area contributed by atoms with Gasteiger partial charge in [0.1, 0.15) is 12.4 Å². The van der Waals surface area contributed by atoms with Crippen LogP contribution in [0.4, 0.5) is 4.39 Å². The number of carbonyl (C=O) groups excluding carboxylic acids is 1. The molecule has 0 heterocycles. The zero-order valence-electron chi connectivity index (χ0n) is 15.4. The van der Waals surface area contributed by atoms with Crippen molar-refractivity contribution in [3.8, 4) is 0 Å². The van der Waals surface area contributed by atoms with Gasteiger partial charge in [0.2, 0.25) is 5.91 Å². The van der Waals surface area contributed by atoms with E-state index >= 15 is 0 Å². The van der Waals surface area contributed by atoms with Crippen LogP contribution in [-0.2, 0) is 11.2 Å². The summed E-state index contributed by atoms with van der Waals surface area (Å²) in [6.07, 6.45) is 6.49. The van der Waals surface area contributed by atoms with Gasteiger partial charge in [0.15, 0.2) is 5.96 Å². The van der Waals surface area contributed by atoms with Gasteiger partial charge in [-0.05, 0) is 43.9 Å². The second-order valence-corrected chi connectivity index (χ2v) is 6.40. The third-order valence-electron chi connectivity index (χ3n) is 4.29. The highest BCUT2D eigenvalue weighted by Gasteiger charge is 2.15. The minimum Gasteiger partial charge on any atom is -0.357 e. The standard InChI is InChI=1S/C19H29FN4O.HI/c1-2-21-19(22-12-11-15-7-6-8-16(20)13-15)23-14-18(25)24-17-9-4-3-5-10-17;/h6-8,13,17H,2-5,9-12,14H2,1H3,(H,24,25)(H2,21,22,23);1H. The Hall–Kier alpha value is -1.38. The van der Waals surface area contributed by atoms with Crippen LogP contribution in [0.1, 0.15) is 44.6 Å². The Morgan fingerprint density at radius 2 is 2.00 bits per heavy atom. The Labute approximate surface area is 172 Å². The third kappa shape index (κ3) is 8.82. The average Bonchev–Trinajstić information content (AvgIpc) is 2.60. The Morgan fingerprint density at radius 3 is 2.69 bits per heavy atom. The topological polar surface area (TPSA) is 65.5 Å². The van der Waals surface area contributed by atoms with Gasteiger partial charge in [0, 0.05) is 19.1 Å². The van der Waals surface area contributed by atoms with Gasteiger partial charge in [-0.2, -0.15) is 0 Å². The highest BCUT2D eigenvalue weighted by molar-refractivity contribution is 14.0. The first-order valence-electron chi connectivity index (χ1n) is 9.23. The Bertz CT molecular complexity index is 576. The SMILES string of the molecule is CCNC(=NCC(=O)NC1CCCCC1)NCCc1cccc(F)c1.I.